The van der Waals surface area contributed by atoms with E-state index in [1.54, 1.807) is 0 Å². The van der Waals surface area contributed by atoms with Crippen molar-refractivity contribution < 1.29 is 4.42 Å². The van der Waals surface area contributed by atoms with Crippen molar-refractivity contribution in [2.45, 2.75) is 6.92 Å². The maximum Gasteiger partial charge on any atom is 0.159 e. The van der Waals surface area contributed by atoms with Gasteiger partial charge < -0.3 is 13.9 Å². The zero-order valence-corrected chi connectivity index (χ0v) is 29.8. The number of furan rings is 1. The lowest BCUT2D eigenvalue weighted by atomic mass is 9.93. The van der Waals surface area contributed by atoms with Crippen LogP contribution in [0.4, 0.5) is 17.1 Å². The molecule has 0 atom stereocenters. The quantitative estimate of drug-likeness (QED) is 0.162. The van der Waals surface area contributed by atoms with Crippen LogP contribution in [0.15, 0.2) is 181 Å². The number of aromatic nitrogens is 1. The zero-order valence-electron chi connectivity index (χ0n) is 29.8. The first-order valence-corrected chi connectivity index (χ1v) is 18.5. The number of benzene rings is 8. The summed E-state index contributed by atoms with van der Waals surface area (Å²) in [7, 11) is 0. The van der Waals surface area contributed by atoms with Gasteiger partial charge in [0, 0.05) is 38.6 Å². The van der Waals surface area contributed by atoms with Crippen LogP contribution in [-0.2, 0) is 0 Å². The Morgan fingerprint density at radius 1 is 0.593 bits per heavy atom. The minimum Gasteiger partial charge on any atom is -0.454 e. The molecule has 54 heavy (non-hydrogen) atoms. The van der Waals surface area contributed by atoms with E-state index in [9.17, 15) is 0 Å². The molecule has 0 bridgehead atoms. The Bertz CT molecular complexity index is 3200. The molecule has 254 valence electrons. The van der Waals surface area contributed by atoms with Crippen LogP contribution in [0, 0.1) is 6.92 Å². The fourth-order valence-electron chi connectivity index (χ4n) is 8.90. The summed E-state index contributed by atoms with van der Waals surface area (Å²) in [5, 5.41) is 7.22. The molecule has 0 unspecified atom stereocenters. The van der Waals surface area contributed by atoms with Crippen molar-refractivity contribution in [1.29, 1.82) is 0 Å². The SMILES string of the molecule is C=C/C=C\c1c(C)cc2cccc3c2c1-c1ccc(N(c2ccc4c5ccccc5n(-c5ccccc5)c4c2)c2cccc4c2oc2ccccc24)cc1-3. The monoisotopic (exact) mass is 690 g/mol. The minimum absolute atomic E-state index is 0.862. The highest BCUT2D eigenvalue weighted by Crippen LogP contribution is 2.52. The summed E-state index contributed by atoms with van der Waals surface area (Å²) in [6.07, 6.45) is 6.10. The number of fused-ring (bicyclic) bond motifs is 9. The molecule has 10 aromatic rings. The Morgan fingerprint density at radius 2 is 1.33 bits per heavy atom. The smallest absolute Gasteiger partial charge is 0.159 e. The van der Waals surface area contributed by atoms with Crippen LogP contribution >= 0.6 is 0 Å². The number of para-hydroxylation sites is 4. The van der Waals surface area contributed by atoms with Crippen molar-refractivity contribution in [2.75, 3.05) is 4.90 Å². The van der Waals surface area contributed by atoms with Crippen LogP contribution in [0.3, 0.4) is 0 Å². The molecular formula is C51H34N2O. The van der Waals surface area contributed by atoms with Crippen LogP contribution < -0.4 is 4.90 Å². The lowest BCUT2D eigenvalue weighted by molar-refractivity contribution is 0.669. The van der Waals surface area contributed by atoms with Crippen LogP contribution in [0.1, 0.15) is 11.1 Å². The second kappa shape index (κ2) is 11.7. The van der Waals surface area contributed by atoms with E-state index in [0.717, 1.165) is 50.2 Å². The zero-order chi connectivity index (χ0) is 35.9. The summed E-state index contributed by atoms with van der Waals surface area (Å²) in [4.78, 5) is 2.38. The van der Waals surface area contributed by atoms with E-state index in [1.165, 1.54) is 60.4 Å². The molecule has 11 rings (SSSR count). The standard InChI is InChI=1S/C51H34N2O/c1-3-4-17-37-32(2)29-33-14-12-20-41-44-30-35(26-28-42(44)50(37)49(33)41)52(46-23-13-21-43-40-19-9-11-24-48(40)54-51(43)46)36-25-27-39-38-18-8-10-22-45(38)53(47(39)31-36)34-15-6-5-7-16-34/h3-31H,1H2,2H3/b17-4-. The highest BCUT2D eigenvalue weighted by molar-refractivity contribution is 6.19. The van der Waals surface area contributed by atoms with Crippen molar-refractivity contribution in [3.8, 4) is 27.9 Å². The number of nitrogens with zero attached hydrogens (tertiary/aromatic N) is 2. The van der Waals surface area contributed by atoms with Gasteiger partial charge in [0.25, 0.3) is 0 Å². The van der Waals surface area contributed by atoms with Gasteiger partial charge in [-0.3, -0.25) is 0 Å². The summed E-state index contributed by atoms with van der Waals surface area (Å²) < 4.78 is 9.11. The lowest BCUT2D eigenvalue weighted by Crippen LogP contribution is -2.10. The second-order valence-electron chi connectivity index (χ2n) is 14.2. The van der Waals surface area contributed by atoms with Gasteiger partial charge in [0.1, 0.15) is 5.58 Å². The Balaban J connectivity index is 1.20. The van der Waals surface area contributed by atoms with Crippen LogP contribution in [0.5, 0.6) is 0 Å². The van der Waals surface area contributed by atoms with E-state index in [1.807, 2.05) is 18.2 Å². The third kappa shape index (κ3) is 4.36. The van der Waals surface area contributed by atoms with Gasteiger partial charge in [-0.15, -0.1) is 0 Å². The Hall–Kier alpha value is -7.10. The van der Waals surface area contributed by atoms with Gasteiger partial charge in [-0.05, 0) is 106 Å². The van der Waals surface area contributed by atoms with E-state index in [0.29, 0.717) is 0 Å². The Labute approximate surface area is 312 Å². The van der Waals surface area contributed by atoms with Crippen molar-refractivity contribution in [3.63, 3.8) is 0 Å². The predicted molar refractivity (Wildman–Crippen MR) is 229 cm³/mol. The van der Waals surface area contributed by atoms with Crippen molar-refractivity contribution >= 4 is 77.7 Å². The van der Waals surface area contributed by atoms with Gasteiger partial charge in [-0.1, -0.05) is 128 Å². The molecule has 0 aliphatic heterocycles. The normalized spacial score (nSPS) is 12.2. The average molecular weight is 691 g/mol. The highest BCUT2D eigenvalue weighted by Gasteiger charge is 2.27. The van der Waals surface area contributed by atoms with Gasteiger partial charge in [0.15, 0.2) is 5.58 Å². The van der Waals surface area contributed by atoms with Gasteiger partial charge in [-0.2, -0.15) is 0 Å². The molecule has 0 N–H and O–H groups in total. The minimum atomic E-state index is 0.862. The number of rotatable bonds is 6. The molecular weight excluding hydrogens is 657 g/mol. The van der Waals surface area contributed by atoms with Crippen molar-refractivity contribution in [2.24, 2.45) is 0 Å². The van der Waals surface area contributed by atoms with Gasteiger partial charge >= 0.3 is 0 Å². The first-order chi connectivity index (χ1) is 26.7. The number of hydrogen-bond acceptors (Lipinski definition) is 2. The Morgan fingerprint density at radius 3 is 2.22 bits per heavy atom. The first-order valence-electron chi connectivity index (χ1n) is 18.5. The maximum absolute atomic E-state index is 6.73. The van der Waals surface area contributed by atoms with Crippen LogP contribution in [-0.4, -0.2) is 4.57 Å². The topological polar surface area (TPSA) is 21.3 Å². The average Bonchev–Trinajstić information content (AvgIpc) is 3.87. The van der Waals surface area contributed by atoms with Crippen molar-refractivity contribution in [1.82, 2.24) is 4.57 Å². The van der Waals surface area contributed by atoms with Crippen LogP contribution in [0.25, 0.3) is 88.5 Å². The summed E-state index contributed by atoms with van der Waals surface area (Å²) in [6, 6.07) is 57.0. The highest BCUT2D eigenvalue weighted by atomic mass is 16.3. The van der Waals surface area contributed by atoms with E-state index in [-0.39, 0.29) is 0 Å². The molecule has 2 heterocycles. The number of hydrogen-bond donors (Lipinski definition) is 0. The van der Waals surface area contributed by atoms with E-state index >= 15 is 0 Å². The lowest BCUT2D eigenvalue weighted by Gasteiger charge is -2.26. The molecule has 0 radical (unpaired) electrons. The summed E-state index contributed by atoms with van der Waals surface area (Å²) in [5.74, 6) is 0. The largest absolute Gasteiger partial charge is 0.454 e. The third-order valence-corrected chi connectivity index (χ3v) is 11.2. The van der Waals surface area contributed by atoms with Gasteiger partial charge in [-0.25, -0.2) is 0 Å². The predicted octanol–water partition coefficient (Wildman–Crippen LogP) is 14.5. The second-order valence-corrected chi connectivity index (χ2v) is 14.2. The molecule has 0 amide bonds. The first kappa shape index (κ1) is 30.5. The van der Waals surface area contributed by atoms with Crippen LogP contribution in [0.2, 0.25) is 0 Å². The fourth-order valence-corrected chi connectivity index (χ4v) is 8.90. The molecule has 0 saturated carbocycles. The Kier molecular flexibility index (Phi) is 6.62. The van der Waals surface area contributed by atoms with Gasteiger partial charge in [0.2, 0.25) is 0 Å². The molecule has 0 fully saturated rings. The van der Waals surface area contributed by atoms with E-state index < -0.39 is 0 Å². The fraction of sp³-hybridized carbons (Fsp3) is 0.0196. The molecule has 1 aliphatic rings. The molecule has 0 saturated heterocycles. The molecule has 8 aromatic carbocycles. The molecule has 3 heteroatoms. The molecule has 3 nitrogen and oxygen atoms in total. The van der Waals surface area contributed by atoms with Gasteiger partial charge in [0.05, 0.1) is 16.7 Å². The number of aryl methyl sites for hydroxylation is 1. The maximum atomic E-state index is 6.73. The molecule has 2 aromatic heterocycles. The number of allylic oxidation sites excluding steroid dienone is 2. The summed E-state index contributed by atoms with van der Waals surface area (Å²) in [6.45, 7) is 6.16. The van der Waals surface area contributed by atoms with E-state index in [2.05, 4.69) is 181 Å². The molecule has 0 spiro atoms. The summed E-state index contributed by atoms with van der Waals surface area (Å²) >= 11 is 0. The number of anilines is 3. The molecule has 1 aliphatic carbocycles. The summed E-state index contributed by atoms with van der Waals surface area (Å²) in [5.41, 5.74) is 15.8. The third-order valence-electron chi connectivity index (χ3n) is 11.2. The van der Waals surface area contributed by atoms with Crippen molar-refractivity contribution in [3.05, 3.63) is 188 Å². The van der Waals surface area contributed by atoms with E-state index in [4.69, 9.17) is 4.42 Å².